The summed E-state index contributed by atoms with van der Waals surface area (Å²) in [7, 11) is 3.94. The van der Waals surface area contributed by atoms with Crippen LogP contribution in [-0.4, -0.2) is 48.7 Å². The van der Waals surface area contributed by atoms with Gasteiger partial charge in [-0.15, -0.1) is 0 Å². The first-order chi connectivity index (χ1) is 16.9. The highest BCUT2D eigenvalue weighted by molar-refractivity contribution is 6.26. The van der Waals surface area contributed by atoms with Crippen molar-refractivity contribution in [2.75, 3.05) is 21.3 Å². The number of carbonyl (C=O) groups is 3. The molecule has 0 amide bonds. The monoisotopic (exact) mass is 475 g/mol. The number of hydrogen-bond acceptors (Lipinski definition) is 7. The molecule has 8 nitrogen and oxygen atoms in total. The van der Waals surface area contributed by atoms with Crippen LogP contribution in [0.15, 0.2) is 60.4 Å². The molecule has 35 heavy (non-hydrogen) atoms. The molecule has 0 aliphatic heterocycles. The van der Waals surface area contributed by atoms with E-state index in [1.165, 1.54) is 21.3 Å². The zero-order valence-corrected chi connectivity index (χ0v) is 19.7. The predicted molar refractivity (Wildman–Crippen MR) is 129 cm³/mol. The van der Waals surface area contributed by atoms with Gasteiger partial charge in [-0.3, -0.25) is 4.79 Å². The summed E-state index contributed by atoms with van der Waals surface area (Å²) in [5, 5.41) is 10.8. The van der Waals surface area contributed by atoms with Gasteiger partial charge in [-0.1, -0.05) is 30.3 Å². The molecule has 4 rings (SSSR count). The number of ketones is 1. The second-order valence-electron chi connectivity index (χ2n) is 7.93. The van der Waals surface area contributed by atoms with Crippen LogP contribution in [0, 0.1) is 0 Å². The average molecular weight is 475 g/mol. The number of carbonyl (C=O) groups excluding carboxylic acids is 3. The highest BCUT2D eigenvalue weighted by Gasteiger charge is 2.38. The van der Waals surface area contributed by atoms with Crippen molar-refractivity contribution >= 4 is 23.3 Å². The maximum Gasteiger partial charge on any atom is 0.355 e. The van der Waals surface area contributed by atoms with Gasteiger partial charge in [0.25, 0.3) is 0 Å². The van der Waals surface area contributed by atoms with Crippen LogP contribution in [0.25, 0.3) is 22.5 Å². The van der Waals surface area contributed by atoms with Crippen molar-refractivity contribution in [2.45, 2.75) is 19.3 Å². The first-order valence-corrected chi connectivity index (χ1v) is 11.0. The van der Waals surface area contributed by atoms with Crippen molar-refractivity contribution < 1.29 is 33.7 Å². The van der Waals surface area contributed by atoms with Gasteiger partial charge >= 0.3 is 11.9 Å². The highest BCUT2D eigenvalue weighted by Crippen LogP contribution is 2.42. The summed E-state index contributed by atoms with van der Waals surface area (Å²) in [6.07, 6.45) is 0.970. The second-order valence-corrected chi connectivity index (χ2v) is 7.93. The van der Waals surface area contributed by atoms with Crippen LogP contribution in [0.2, 0.25) is 0 Å². The molecule has 0 unspecified atom stereocenters. The molecule has 1 aromatic heterocycles. The standard InChI is InChI=1S/C27H25NO7/c1-33-18-14-12-17(13-15-18)28-24(16-8-5-4-6-9-16)22(21-19(29)10-7-11-20(21)30)23(26(31)34-2)25(28)27(32)35-3/h4-6,8-9,12-15,29H,7,10-11H2,1-3H3. The number of rotatable bonds is 6. The summed E-state index contributed by atoms with van der Waals surface area (Å²) >= 11 is 0. The lowest BCUT2D eigenvalue weighted by Crippen LogP contribution is -2.17. The Morgan fingerprint density at radius 3 is 2.11 bits per heavy atom. The summed E-state index contributed by atoms with van der Waals surface area (Å²) in [5.41, 5.74) is 1.41. The minimum atomic E-state index is -0.830. The van der Waals surface area contributed by atoms with E-state index in [4.69, 9.17) is 14.2 Å². The number of aliphatic hydroxyl groups excluding tert-OH is 1. The zero-order valence-electron chi connectivity index (χ0n) is 19.7. The first kappa shape index (κ1) is 23.8. The molecular formula is C27H25NO7. The number of aliphatic hydroxyl groups is 1. The van der Waals surface area contributed by atoms with Crippen LogP contribution < -0.4 is 4.74 Å². The first-order valence-electron chi connectivity index (χ1n) is 11.0. The zero-order chi connectivity index (χ0) is 25.1. The van der Waals surface area contributed by atoms with Gasteiger partial charge in [-0.25, -0.2) is 9.59 Å². The minimum absolute atomic E-state index is 0.00733. The molecule has 0 fully saturated rings. The predicted octanol–water partition coefficient (Wildman–Crippen LogP) is 4.75. The van der Waals surface area contributed by atoms with Gasteiger partial charge in [0.1, 0.15) is 22.8 Å². The molecule has 8 heteroatoms. The minimum Gasteiger partial charge on any atom is -0.512 e. The van der Waals surface area contributed by atoms with E-state index in [1.807, 2.05) is 6.07 Å². The normalized spacial score (nSPS) is 13.5. The lowest BCUT2D eigenvalue weighted by Gasteiger charge is -2.18. The Morgan fingerprint density at radius 2 is 1.54 bits per heavy atom. The van der Waals surface area contributed by atoms with Gasteiger partial charge in [0.15, 0.2) is 5.78 Å². The fourth-order valence-electron chi connectivity index (χ4n) is 4.38. The molecular weight excluding hydrogens is 450 g/mol. The largest absolute Gasteiger partial charge is 0.512 e. The van der Waals surface area contributed by atoms with E-state index in [-0.39, 0.29) is 46.8 Å². The lowest BCUT2D eigenvalue weighted by atomic mass is 9.87. The van der Waals surface area contributed by atoms with Gasteiger partial charge in [0, 0.05) is 24.1 Å². The van der Waals surface area contributed by atoms with Gasteiger partial charge in [0.2, 0.25) is 0 Å². The smallest absolute Gasteiger partial charge is 0.355 e. The Balaban J connectivity index is 2.24. The Hall–Kier alpha value is -4.33. The maximum absolute atomic E-state index is 13.2. The van der Waals surface area contributed by atoms with E-state index >= 15 is 0 Å². The maximum atomic E-state index is 13.2. The van der Waals surface area contributed by atoms with Crippen LogP contribution in [0.3, 0.4) is 0 Å². The third-order valence-corrected chi connectivity index (χ3v) is 5.95. The summed E-state index contributed by atoms with van der Waals surface area (Å²) in [5.74, 6) is -1.49. The number of esters is 2. The van der Waals surface area contributed by atoms with E-state index in [0.717, 1.165) is 0 Å². The van der Waals surface area contributed by atoms with Crippen molar-refractivity contribution in [3.8, 4) is 22.7 Å². The van der Waals surface area contributed by atoms with Crippen molar-refractivity contribution in [1.29, 1.82) is 0 Å². The second kappa shape index (κ2) is 9.89. The van der Waals surface area contributed by atoms with E-state index < -0.39 is 11.9 Å². The van der Waals surface area contributed by atoms with Crippen molar-refractivity contribution in [1.82, 2.24) is 4.57 Å². The van der Waals surface area contributed by atoms with Crippen molar-refractivity contribution in [2.24, 2.45) is 0 Å². The molecule has 1 heterocycles. The van der Waals surface area contributed by atoms with E-state index in [9.17, 15) is 19.5 Å². The van der Waals surface area contributed by atoms with E-state index in [0.29, 0.717) is 29.1 Å². The highest BCUT2D eigenvalue weighted by atomic mass is 16.5. The Kier molecular flexibility index (Phi) is 6.73. The van der Waals surface area contributed by atoms with E-state index in [2.05, 4.69) is 0 Å². The fraction of sp³-hybridized carbons (Fsp3) is 0.222. The summed E-state index contributed by atoms with van der Waals surface area (Å²) in [6, 6.07) is 15.9. The van der Waals surface area contributed by atoms with Gasteiger partial charge in [-0.05, 0) is 36.2 Å². The number of methoxy groups -OCH3 is 3. The Bertz CT molecular complexity index is 1320. The summed E-state index contributed by atoms with van der Waals surface area (Å²) in [6.45, 7) is 0. The third kappa shape index (κ3) is 4.19. The van der Waals surface area contributed by atoms with Crippen LogP contribution in [0.4, 0.5) is 0 Å². The number of hydrogen-bond donors (Lipinski definition) is 1. The number of ether oxygens (including phenoxy) is 3. The average Bonchev–Trinajstić information content (AvgIpc) is 3.24. The van der Waals surface area contributed by atoms with Crippen molar-refractivity contribution in [3.63, 3.8) is 0 Å². The quantitative estimate of drug-likeness (QED) is 0.513. The molecule has 1 N–H and O–H groups in total. The topological polar surface area (TPSA) is 104 Å². The molecule has 0 saturated heterocycles. The molecule has 0 radical (unpaired) electrons. The lowest BCUT2D eigenvalue weighted by molar-refractivity contribution is -0.114. The van der Waals surface area contributed by atoms with Gasteiger partial charge in [-0.2, -0.15) is 0 Å². The number of nitrogens with zero attached hydrogens (tertiary/aromatic N) is 1. The Labute approximate surface area is 202 Å². The Morgan fingerprint density at radius 1 is 0.886 bits per heavy atom. The molecule has 1 aliphatic rings. The molecule has 3 aromatic rings. The SMILES string of the molecule is COC(=O)c1c(C2=C(O)CCCC2=O)c(-c2ccccc2)n(-c2ccc(OC)cc2)c1C(=O)OC. The molecule has 0 saturated carbocycles. The van der Waals surface area contributed by atoms with Gasteiger partial charge in [0.05, 0.1) is 32.6 Å². The van der Waals surface area contributed by atoms with E-state index in [1.54, 1.807) is 53.1 Å². The molecule has 0 spiro atoms. The number of aromatic nitrogens is 1. The molecule has 2 aromatic carbocycles. The summed E-state index contributed by atoms with van der Waals surface area (Å²) in [4.78, 5) is 39.5. The molecule has 0 bridgehead atoms. The van der Waals surface area contributed by atoms with Crippen LogP contribution in [0.1, 0.15) is 45.7 Å². The third-order valence-electron chi connectivity index (χ3n) is 5.95. The molecule has 180 valence electrons. The van der Waals surface area contributed by atoms with Crippen LogP contribution >= 0.6 is 0 Å². The fourth-order valence-corrected chi connectivity index (χ4v) is 4.38. The van der Waals surface area contributed by atoms with Gasteiger partial charge < -0.3 is 23.9 Å². The number of Topliss-reactive ketones (excluding diaryl/α,β-unsaturated/α-hetero) is 1. The number of allylic oxidation sites excluding steroid dienone is 2. The number of benzene rings is 2. The van der Waals surface area contributed by atoms with Crippen molar-refractivity contribution in [3.05, 3.63) is 77.2 Å². The van der Waals surface area contributed by atoms with Crippen LogP contribution in [-0.2, 0) is 14.3 Å². The summed E-state index contributed by atoms with van der Waals surface area (Å²) < 4.78 is 16.9. The molecule has 0 atom stereocenters. The molecule has 1 aliphatic carbocycles. The van der Waals surface area contributed by atoms with Crippen LogP contribution in [0.5, 0.6) is 5.75 Å².